The smallest absolute Gasteiger partial charge is 0.316 e. The van der Waals surface area contributed by atoms with Crippen molar-refractivity contribution in [1.82, 2.24) is 0 Å². The van der Waals surface area contributed by atoms with E-state index in [4.69, 9.17) is 10.4 Å². The van der Waals surface area contributed by atoms with Crippen LogP contribution in [0.4, 0.5) is 4.39 Å². The zero-order valence-electron chi connectivity index (χ0n) is 8.61. The number of hydrogen-bond donors (Lipinski definition) is 1. The van der Waals surface area contributed by atoms with Crippen molar-refractivity contribution < 1.29 is 14.3 Å². The van der Waals surface area contributed by atoms with E-state index in [0.29, 0.717) is 5.75 Å². The number of carbonyl (C=O) groups is 1. The highest BCUT2D eigenvalue weighted by molar-refractivity contribution is 7.99. The maximum Gasteiger partial charge on any atom is 0.316 e. The first-order chi connectivity index (χ1) is 7.54. The molecular weight excluding hydrogens is 229 g/mol. The van der Waals surface area contributed by atoms with Gasteiger partial charge >= 0.3 is 5.97 Å². The molecule has 1 aromatic carbocycles. The summed E-state index contributed by atoms with van der Waals surface area (Å²) in [6.07, 6.45) is 0. The quantitative estimate of drug-likeness (QED) is 0.876. The number of carboxylic acids is 1. The fraction of sp³-hybridized carbons (Fsp3) is 0.273. The molecule has 0 saturated heterocycles. The summed E-state index contributed by atoms with van der Waals surface area (Å²) in [5, 5.41) is 16.8. The third-order valence-corrected chi connectivity index (χ3v) is 3.20. The summed E-state index contributed by atoms with van der Waals surface area (Å²) in [6.45, 7) is 1.59. The second kappa shape index (κ2) is 5.52. The maximum absolute atomic E-state index is 13.0. The van der Waals surface area contributed by atoms with Crippen LogP contribution >= 0.6 is 11.8 Å². The van der Waals surface area contributed by atoms with Crippen molar-refractivity contribution in [2.45, 2.75) is 17.9 Å². The van der Waals surface area contributed by atoms with Crippen molar-refractivity contribution in [2.75, 3.05) is 0 Å². The van der Waals surface area contributed by atoms with Gasteiger partial charge in [0, 0.05) is 5.75 Å². The topological polar surface area (TPSA) is 61.1 Å². The number of nitriles is 1. The van der Waals surface area contributed by atoms with Gasteiger partial charge in [0.2, 0.25) is 0 Å². The molecule has 0 aromatic heterocycles. The van der Waals surface area contributed by atoms with Crippen LogP contribution in [0.5, 0.6) is 0 Å². The number of carboxylic acid groups (broad SMARTS) is 1. The van der Waals surface area contributed by atoms with Crippen LogP contribution in [-0.2, 0) is 10.5 Å². The molecule has 0 amide bonds. The van der Waals surface area contributed by atoms with Gasteiger partial charge in [-0.25, -0.2) is 4.39 Å². The Morgan fingerprint density at radius 3 is 2.94 bits per heavy atom. The molecule has 1 atom stereocenters. The lowest BCUT2D eigenvalue weighted by molar-refractivity contribution is -0.136. The van der Waals surface area contributed by atoms with E-state index < -0.39 is 17.0 Å². The second-order valence-corrected chi connectivity index (χ2v) is 4.55. The molecule has 1 N–H and O–H groups in total. The molecule has 5 heteroatoms. The van der Waals surface area contributed by atoms with Gasteiger partial charge in [0.05, 0.1) is 10.8 Å². The number of hydrogen-bond acceptors (Lipinski definition) is 3. The van der Waals surface area contributed by atoms with Gasteiger partial charge in [-0.15, -0.1) is 11.8 Å². The number of thioether (sulfide) groups is 1. The molecule has 0 bridgehead atoms. The molecule has 84 valence electrons. The van der Waals surface area contributed by atoms with E-state index in [1.54, 1.807) is 19.1 Å². The fourth-order valence-corrected chi connectivity index (χ4v) is 1.80. The van der Waals surface area contributed by atoms with Crippen molar-refractivity contribution in [3.63, 3.8) is 0 Å². The van der Waals surface area contributed by atoms with E-state index in [1.807, 2.05) is 0 Å². The van der Waals surface area contributed by atoms with Gasteiger partial charge in [0.1, 0.15) is 11.9 Å². The lowest BCUT2D eigenvalue weighted by atomic mass is 10.1. The van der Waals surface area contributed by atoms with Crippen LogP contribution in [0.2, 0.25) is 0 Å². The van der Waals surface area contributed by atoms with Crippen LogP contribution in [0, 0.1) is 17.1 Å². The highest BCUT2D eigenvalue weighted by Crippen LogP contribution is 2.19. The van der Waals surface area contributed by atoms with Gasteiger partial charge in [0.25, 0.3) is 0 Å². The van der Waals surface area contributed by atoms with Crippen LogP contribution in [0.25, 0.3) is 0 Å². The summed E-state index contributed by atoms with van der Waals surface area (Å²) in [7, 11) is 0. The average Bonchev–Trinajstić information content (AvgIpc) is 2.27. The van der Waals surface area contributed by atoms with E-state index in [2.05, 4.69) is 0 Å². The summed E-state index contributed by atoms with van der Waals surface area (Å²) in [6, 6.07) is 5.96. The predicted molar refractivity (Wildman–Crippen MR) is 59.5 cm³/mol. The summed E-state index contributed by atoms with van der Waals surface area (Å²) >= 11 is 1.23. The minimum absolute atomic E-state index is 0.0129. The van der Waals surface area contributed by atoms with Gasteiger partial charge in [0.15, 0.2) is 0 Å². The summed E-state index contributed by atoms with van der Waals surface area (Å²) < 4.78 is 13.0. The molecule has 1 unspecified atom stereocenters. The van der Waals surface area contributed by atoms with E-state index >= 15 is 0 Å². The number of halogens is 1. The van der Waals surface area contributed by atoms with Crippen molar-refractivity contribution in [3.05, 3.63) is 35.1 Å². The lowest BCUT2D eigenvalue weighted by Crippen LogP contribution is -2.11. The Balaban J connectivity index is 2.69. The van der Waals surface area contributed by atoms with E-state index in [9.17, 15) is 9.18 Å². The van der Waals surface area contributed by atoms with Gasteiger partial charge in [-0.3, -0.25) is 4.79 Å². The summed E-state index contributed by atoms with van der Waals surface area (Å²) in [4.78, 5) is 10.6. The maximum atomic E-state index is 13.0. The number of benzene rings is 1. The summed E-state index contributed by atoms with van der Waals surface area (Å²) in [5.74, 6) is -0.988. The zero-order valence-corrected chi connectivity index (χ0v) is 9.42. The van der Waals surface area contributed by atoms with E-state index in [0.717, 1.165) is 5.56 Å². The normalized spacial score (nSPS) is 11.8. The van der Waals surface area contributed by atoms with Gasteiger partial charge < -0.3 is 5.11 Å². The molecule has 0 aliphatic heterocycles. The third-order valence-electron chi connectivity index (χ3n) is 2.00. The van der Waals surface area contributed by atoms with Crippen LogP contribution in [0.1, 0.15) is 18.1 Å². The van der Waals surface area contributed by atoms with Crippen molar-refractivity contribution in [3.8, 4) is 6.07 Å². The Kier molecular flexibility index (Phi) is 4.32. The molecular formula is C11H10FNO2S. The molecule has 0 saturated carbocycles. The first-order valence-electron chi connectivity index (χ1n) is 4.57. The van der Waals surface area contributed by atoms with E-state index in [1.165, 1.54) is 23.9 Å². The Morgan fingerprint density at radius 1 is 1.69 bits per heavy atom. The largest absolute Gasteiger partial charge is 0.480 e. The number of nitrogens with zero attached hydrogens (tertiary/aromatic N) is 1. The highest BCUT2D eigenvalue weighted by Gasteiger charge is 2.11. The summed E-state index contributed by atoms with van der Waals surface area (Å²) in [5.41, 5.74) is 0.733. The third kappa shape index (κ3) is 3.24. The fourth-order valence-electron chi connectivity index (χ4n) is 1.04. The molecule has 1 rings (SSSR count). The average molecular weight is 239 g/mol. The Labute approximate surface area is 96.9 Å². The SMILES string of the molecule is CC(SCc1ccc(F)c(C#N)c1)C(=O)O. The molecule has 1 aromatic rings. The zero-order chi connectivity index (χ0) is 12.1. The standard InChI is InChI=1S/C11H10FNO2S/c1-7(11(14)15)16-6-8-2-3-10(12)9(4-8)5-13/h2-4,7H,6H2,1H3,(H,14,15). The lowest BCUT2D eigenvalue weighted by Gasteiger charge is -2.06. The van der Waals surface area contributed by atoms with Crippen LogP contribution in [-0.4, -0.2) is 16.3 Å². The molecule has 0 fully saturated rings. The minimum atomic E-state index is -0.882. The molecule has 16 heavy (non-hydrogen) atoms. The highest BCUT2D eigenvalue weighted by atomic mass is 32.2. The van der Waals surface area contributed by atoms with E-state index in [-0.39, 0.29) is 5.56 Å². The molecule has 0 heterocycles. The number of rotatable bonds is 4. The Hall–Kier alpha value is -1.54. The van der Waals surface area contributed by atoms with Gasteiger partial charge in [-0.05, 0) is 24.6 Å². The first-order valence-corrected chi connectivity index (χ1v) is 5.62. The van der Waals surface area contributed by atoms with Crippen molar-refractivity contribution in [2.24, 2.45) is 0 Å². The first kappa shape index (κ1) is 12.5. The Morgan fingerprint density at radius 2 is 2.38 bits per heavy atom. The number of aliphatic carboxylic acids is 1. The molecule has 0 radical (unpaired) electrons. The molecule has 0 aliphatic rings. The van der Waals surface area contributed by atoms with Crippen LogP contribution in [0.3, 0.4) is 0 Å². The van der Waals surface area contributed by atoms with Crippen LogP contribution in [0.15, 0.2) is 18.2 Å². The minimum Gasteiger partial charge on any atom is -0.480 e. The second-order valence-electron chi connectivity index (χ2n) is 3.22. The molecule has 0 spiro atoms. The Bertz CT molecular complexity index is 442. The molecule has 0 aliphatic carbocycles. The van der Waals surface area contributed by atoms with Crippen LogP contribution < -0.4 is 0 Å². The van der Waals surface area contributed by atoms with Gasteiger partial charge in [-0.1, -0.05) is 6.07 Å². The van der Waals surface area contributed by atoms with Gasteiger partial charge in [-0.2, -0.15) is 5.26 Å². The predicted octanol–water partition coefficient (Wildman–Crippen LogP) is 2.40. The monoisotopic (exact) mass is 239 g/mol. The van der Waals surface area contributed by atoms with Crippen molar-refractivity contribution in [1.29, 1.82) is 5.26 Å². The molecule has 3 nitrogen and oxygen atoms in total. The van der Waals surface area contributed by atoms with Crippen molar-refractivity contribution >= 4 is 17.7 Å².